The second-order valence-corrected chi connectivity index (χ2v) is 17.6. The van der Waals surface area contributed by atoms with Gasteiger partial charge in [-0.05, 0) is 0 Å². The molecular weight excluding hydrogens is 847 g/mol. The van der Waals surface area contributed by atoms with Crippen LogP contribution in [-0.4, -0.2) is 109 Å². The van der Waals surface area contributed by atoms with E-state index in [4.69, 9.17) is 10.5 Å². The van der Waals surface area contributed by atoms with Crippen LogP contribution in [0.2, 0.25) is 0 Å². The number of phosphoric acid groups is 3. The van der Waals surface area contributed by atoms with Gasteiger partial charge in [-0.3, -0.25) is 32.9 Å². The van der Waals surface area contributed by atoms with Gasteiger partial charge in [0, 0.05) is 37.1 Å². The number of nitrogens with zero attached hydrogens (tertiary/aromatic N) is 4. The minimum Gasteiger partial charge on any atom is -0.790 e. The fraction of sp³-hybridized carbons (Fsp3) is 0.607. The van der Waals surface area contributed by atoms with Crippen LogP contribution in [-0.2, 0) is 55.5 Å². The van der Waals surface area contributed by atoms with Crippen LogP contribution in [0.3, 0.4) is 0 Å². The number of phosphoric ester groups is 3. The SMILES string of the molecule is C.C=CCC(=O)CC(=O)SCCNC(=O)CCNC(=O)C(O)C(C)(C)COP(=O)([O-])OP(=O)([O-])OCC1OC(n2cnc3c(N)ncnc32)C(O)C1OP(=O)([O-])[O-]. The number of aromatic nitrogens is 4. The molecule has 1 fully saturated rings. The topological polar surface area (TPSA) is 392 Å². The lowest BCUT2D eigenvalue weighted by atomic mass is 9.87. The maximum absolute atomic E-state index is 12.5. The van der Waals surface area contributed by atoms with Crippen molar-refractivity contribution >= 4 is 74.9 Å². The number of rotatable bonds is 23. The van der Waals surface area contributed by atoms with Gasteiger partial charge in [0.2, 0.25) is 11.8 Å². The molecule has 2 aromatic rings. The van der Waals surface area contributed by atoms with Crippen LogP contribution in [0, 0.1) is 5.41 Å². The van der Waals surface area contributed by atoms with Gasteiger partial charge in [0.25, 0.3) is 15.6 Å². The highest BCUT2D eigenvalue weighted by Gasteiger charge is 2.47. The number of carbonyl (C=O) groups is 4. The molecule has 1 aliphatic heterocycles. The molecule has 2 aromatic heterocycles. The van der Waals surface area contributed by atoms with Gasteiger partial charge in [0.1, 0.15) is 42.0 Å². The number of amides is 2. The number of imidazole rings is 1. The first kappa shape index (κ1) is 50.1. The Morgan fingerprint density at radius 2 is 1.77 bits per heavy atom. The number of allylic oxidation sites excluding steroid dienone is 1. The van der Waals surface area contributed by atoms with Crippen LogP contribution in [0.1, 0.15) is 46.8 Å². The molecular formula is C28H42N7O18P3S-4. The van der Waals surface area contributed by atoms with Crippen LogP contribution >= 0.6 is 35.2 Å². The molecule has 0 saturated carbocycles. The fourth-order valence-corrected chi connectivity index (χ4v) is 8.15. The third-order valence-corrected chi connectivity index (χ3v) is 11.3. The van der Waals surface area contributed by atoms with E-state index < -0.39 is 84.6 Å². The highest BCUT2D eigenvalue weighted by Crippen LogP contribution is 2.56. The van der Waals surface area contributed by atoms with Gasteiger partial charge in [-0.25, -0.2) is 19.3 Å². The number of ether oxygens (including phenoxy) is 1. The Bertz CT molecular complexity index is 1900. The number of carbonyl (C=O) groups excluding carboxylic acids is 4. The Morgan fingerprint density at radius 1 is 1.11 bits per heavy atom. The summed E-state index contributed by atoms with van der Waals surface area (Å²) in [6.45, 7) is 3.28. The molecule has 6 N–H and O–H groups in total. The van der Waals surface area contributed by atoms with Crippen LogP contribution < -0.4 is 35.9 Å². The predicted molar refractivity (Wildman–Crippen MR) is 189 cm³/mol. The van der Waals surface area contributed by atoms with E-state index in [0.717, 1.165) is 29.0 Å². The lowest BCUT2D eigenvalue weighted by Crippen LogP contribution is -2.46. The number of hydrogen-bond donors (Lipinski definition) is 5. The number of Topliss-reactive ketones (excluding diaryl/α,β-unsaturated/α-hetero) is 1. The maximum atomic E-state index is 12.5. The van der Waals surface area contributed by atoms with E-state index in [1.54, 1.807) is 0 Å². The van der Waals surface area contributed by atoms with E-state index in [0.29, 0.717) is 0 Å². The number of hydrogen-bond acceptors (Lipinski definition) is 23. The first-order valence-corrected chi connectivity index (χ1v) is 21.4. The van der Waals surface area contributed by atoms with Crippen molar-refractivity contribution in [3.05, 3.63) is 25.3 Å². The van der Waals surface area contributed by atoms with E-state index in [9.17, 15) is 62.7 Å². The lowest BCUT2D eigenvalue weighted by molar-refractivity contribution is -0.347. The summed E-state index contributed by atoms with van der Waals surface area (Å²) >= 11 is 0.858. The minimum absolute atomic E-state index is 0. The van der Waals surface area contributed by atoms with Gasteiger partial charge in [-0.1, -0.05) is 39.1 Å². The molecule has 7 atom stereocenters. The molecule has 3 heterocycles. The molecule has 57 heavy (non-hydrogen) atoms. The zero-order chi connectivity index (χ0) is 42.1. The van der Waals surface area contributed by atoms with Crippen LogP contribution in [0.5, 0.6) is 0 Å². The number of aliphatic hydroxyl groups excluding tert-OH is 2. The van der Waals surface area contributed by atoms with E-state index >= 15 is 0 Å². The van der Waals surface area contributed by atoms with Crippen LogP contribution in [0.15, 0.2) is 25.3 Å². The highest BCUT2D eigenvalue weighted by atomic mass is 32.2. The Hall–Kier alpha value is -3.03. The summed E-state index contributed by atoms with van der Waals surface area (Å²) in [7, 11) is -17.6. The number of ketones is 1. The Balaban J connectivity index is 0.0000112. The summed E-state index contributed by atoms with van der Waals surface area (Å²) < 4.78 is 60.4. The Kier molecular flexibility index (Phi) is 18.7. The molecule has 2 amide bonds. The standard InChI is InChI=1S/C27H42N7O18P3S.CH4/c1-4-5-15(35)10-18(37)56-9-8-29-17(36)6-7-30-25(40)22(39)27(2,3)12-49-55(46,47)52-54(44,45)48-11-16-21(51-53(41,42)43)20(38)26(50-16)34-14-33-19-23(28)31-13-32-24(19)34;/h4,13-14,16,20-22,26,38-39H,1,5-12H2,2-3H3,(H,29,36)(H,30,40)(H,44,45)(H,46,47)(H2,28,31,32)(H2,41,42,43);1H4/p-4. The molecule has 7 unspecified atom stereocenters. The van der Waals surface area contributed by atoms with Crippen LogP contribution in [0.4, 0.5) is 5.82 Å². The summed E-state index contributed by atoms with van der Waals surface area (Å²) in [5.74, 6) is -1.75. The second kappa shape index (κ2) is 21.3. The molecule has 0 aliphatic carbocycles. The van der Waals surface area contributed by atoms with E-state index in [-0.39, 0.29) is 73.4 Å². The molecule has 1 saturated heterocycles. The molecule has 1 aliphatic rings. The largest absolute Gasteiger partial charge is 0.790 e. The highest BCUT2D eigenvalue weighted by molar-refractivity contribution is 8.13. The first-order chi connectivity index (χ1) is 25.9. The van der Waals surface area contributed by atoms with Crippen molar-refractivity contribution < 1.29 is 85.3 Å². The maximum Gasteiger partial charge on any atom is 0.274 e. The van der Waals surface area contributed by atoms with Crippen molar-refractivity contribution in [2.24, 2.45) is 5.41 Å². The average molecular weight is 890 g/mol. The summed E-state index contributed by atoms with van der Waals surface area (Å²) in [4.78, 5) is 107. The minimum atomic E-state index is -5.93. The number of fused-ring (bicyclic) bond motifs is 1. The molecule has 3 rings (SSSR count). The molecule has 0 spiro atoms. The van der Waals surface area contributed by atoms with Crippen molar-refractivity contribution in [1.29, 1.82) is 0 Å². The van der Waals surface area contributed by atoms with Crippen molar-refractivity contribution in [2.75, 3.05) is 37.8 Å². The zero-order valence-electron chi connectivity index (χ0n) is 29.5. The molecule has 322 valence electrons. The quantitative estimate of drug-likeness (QED) is 0.0328. The summed E-state index contributed by atoms with van der Waals surface area (Å²) in [5.41, 5.74) is 4.02. The van der Waals surface area contributed by atoms with Crippen molar-refractivity contribution in [3.63, 3.8) is 0 Å². The number of nitrogens with two attached hydrogens (primary N) is 1. The molecule has 0 radical (unpaired) electrons. The molecule has 29 heteroatoms. The molecule has 0 aromatic carbocycles. The fourth-order valence-electron chi connectivity index (χ4n) is 4.72. The van der Waals surface area contributed by atoms with Crippen molar-refractivity contribution in [1.82, 2.24) is 30.2 Å². The third kappa shape index (κ3) is 15.6. The monoisotopic (exact) mass is 889 g/mol. The Labute approximate surface area is 329 Å². The van der Waals surface area contributed by atoms with Gasteiger partial charge in [0.05, 0.1) is 33.8 Å². The average Bonchev–Trinajstić information content (AvgIpc) is 3.64. The number of aliphatic hydroxyl groups is 2. The van der Waals surface area contributed by atoms with Gasteiger partial charge < -0.3 is 69.0 Å². The molecule has 0 bridgehead atoms. The van der Waals surface area contributed by atoms with E-state index in [1.165, 1.54) is 19.9 Å². The third-order valence-electron chi connectivity index (χ3n) is 7.45. The summed E-state index contributed by atoms with van der Waals surface area (Å²) in [6.07, 6.45) is -6.54. The van der Waals surface area contributed by atoms with Crippen LogP contribution in [0.25, 0.3) is 11.2 Å². The van der Waals surface area contributed by atoms with Gasteiger partial charge in [0.15, 0.2) is 22.8 Å². The Morgan fingerprint density at radius 3 is 2.42 bits per heavy atom. The number of anilines is 1. The van der Waals surface area contributed by atoms with E-state index in [1.807, 2.05) is 0 Å². The van der Waals surface area contributed by atoms with Gasteiger partial charge in [-0.15, -0.1) is 6.58 Å². The normalized spacial score (nSPS) is 21.1. The lowest BCUT2D eigenvalue weighted by Gasteiger charge is -2.36. The number of thioether (sulfide) groups is 1. The summed E-state index contributed by atoms with van der Waals surface area (Å²) in [5, 5.41) is 25.7. The smallest absolute Gasteiger partial charge is 0.274 e. The predicted octanol–water partition coefficient (Wildman–Crippen LogP) is -2.69. The number of nitrogens with one attached hydrogen (secondary N) is 2. The van der Waals surface area contributed by atoms with Crippen molar-refractivity contribution in [3.8, 4) is 0 Å². The molecule has 25 nitrogen and oxygen atoms in total. The van der Waals surface area contributed by atoms with E-state index in [2.05, 4.69) is 50.0 Å². The number of nitrogen functional groups attached to an aromatic ring is 1. The first-order valence-electron chi connectivity index (χ1n) is 16.1. The summed E-state index contributed by atoms with van der Waals surface area (Å²) in [6, 6.07) is 0. The van der Waals surface area contributed by atoms with Gasteiger partial charge >= 0.3 is 0 Å². The van der Waals surface area contributed by atoms with Gasteiger partial charge in [-0.2, -0.15) is 0 Å². The zero-order valence-corrected chi connectivity index (χ0v) is 33.0. The second-order valence-electron chi connectivity index (χ2n) is 12.4. The van der Waals surface area contributed by atoms with Crippen molar-refractivity contribution in [2.45, 2.75) is 71.2 Å².